The fourth-order valence-corrected chi connectivity index (χ4v) is 2.53. The molecule has 1 fully saturated rings. The van der Waals surface area contributed by atoms with E-state index in [-0.39, 0.29) is 24.9 Å². The van der Waals surface area contributed by atoms with E-state index < -0.39 is 0 Å². The molecule has 0 bridgehead atoms. The fraction of sp³-hybridized carbons (Fsp3) is 0.467. The summed E-state index contributed by atoms with van der Waals surface area (Å²) in [5.41, 5.74) is 6.49. The van der Waals surface area contributed by atoms with Crippen LogP contribution in [0.25, 0.3) is 0 Å². The molecular formula is C15H21N3O2. The maximum atomic E-state index is 11.9. The number of carbonyl (C=O) groups excluding carboxylic acids is 2. The highest BCUT2D eigenvalue weighted by atomic mass is 16.2. The van der Waals surface area contributed by atoms with Gasteiger partial charge < -0.3 is 16.0 Å². The van der Waals surface area contributed by atoms with Gasteiger partial charge in [-0.2, -0.15) is 0 Å². The summed E-state index contributed by atoms with van der Waals surface area (Å²) in [6.07, 6.45) is 2.02. The number of carbonyl (C=O) groups is 2. The fourth-order valence-electron chi connectivity index (χ4n) is 2.53. The summed E-state index contributed by atoms with van der Waals surface area (Å²) in [5.74, 6) is 0.187. The van der Waals surface area contributed by atoms with Gasteiger partial charge in [0.2, 0.25) is 11.8 Å². The molecule has 3 N–H and O–H groups in total. The van der Waals surface area contributed by atoms with E-state index in [1.807, 2.05) is 23.1 Å². The molecule has 2 amide bonds. The minimum atomic E-state index is -0.293. The molecule has 1 aromatic carbocycles. The Morgan fingerprint density at radius 1 is 1.30 bits per heavy atom. The first-order valence-corrected chi connectivity index (χ1v) is 6.97. The summed E-state index contributed by atoms with van der Waals surface area (Å²) >= 11 is 0. The summed E-state index contributed by atoms with van der Waals surface area (Å²) < 4.78 is 0. The van der Waals surface area contributed by atoms with Gasteiger partial charge in [0, 0.05) is 13.1 Å². The van der Waals surface area contributed by atoms with Gasteiger partial charge in [-0.25, -0.2) is 0 Å². The lowest BCUT2D eigenvalue weighted by Gasteiger charge is -2.17. The SMILES string of the molecule is NCC(=O)NCC(=O)N1CCC(Cc2ccccc2)C1. The standard InChI is InChI=1S/C15H21N3O2/c16-9-14(19)17-10-15(20)18-7-6-13(11-18)8-12-4-2-1-3-5-12/h1-5,13H,6-11,16H2,(H,17,19). The van der Waals surface area contributed by atoms with Crippen molar-refractivity contribution in [1.29, 1.82) is 0 Å². The maximum Gasteiger partial charge on any atom is 0.241 e. The van der Waals surface area contributed by atoms with Gasteiger partial charge in [0.05, 0.1) is 13.1 Å². The van der Waals surface area contributed by atoms with Crippen molar-refractivity contribution >= 4 is 11.8 Å². The van der Waals surface area contributed by atoms with Crippen molar-refractivity contribution in [2.24, 2.45) is 11.7 Å². The van der Waals surface area contributed by atoms with Crippen molar-refractivity contribution in [3.63, 3.8) is 0 Å². The minimum Gasteiger partial charge on any atom is -0.346 e. The minimum absolute atomic E-state index is 0.0256. The zero-order valence-corrected chi connectivity index (χ0v) is 11.5. The van der Waals surface area contributed by atoms with Crippen LogP contribution >= 0.6 is 0 Å². The van der Waals surface area contributed by atoms with Crippen molar-refractivity contribution in [2.45, 2.75) is 12.8 Å². The van der Waals surface area contributed by atoms with Gasteiger partial charge >= 0.3 is 0 Å². The van der Waals surface area contributed by atoms with Gasteiger partial charge in [-0.15, -0.1) is 0 Å². The van der Waals surface area contributed by atoms with Crippen LogP contribution in [0.4, 0.5) is 0 Å². The van der Waals surface area contributed by atoms with Crippen LogP contribution in [0.2, 0.25) is 0 Å². The van der Waals surface area contributed by atoms with Crippen LogP contribution < -0.4 is 11.1 Å². The Bertz CT molecular complexity index is 461. The molecule has 1 unspecified atom stereocenters. The quantitative estimate of drug-likeness (QED) is 0.803. The molecule has 5 heteroatoms. The van der Waals surface area contributed by atoms with Crippen molar-refractivity contribution in [2.75, 3.05) is 26.2 Å². The number of likely N-dealkylation sites (tertiary alicyclic amines) is 1. The third-order valence-electron chi connectivity index (χ3n) is 3.63. The van der Waals surface area contributed by atoms with Crippen LogP contribution in [0, 0.1) is 5.92 Å². The number of rotatable bonds is 5. The van der Waals surface area contributed by atoms with Gasteiger partial charge in [0.25, 0.3) is 0 Å². The van der Waals surface area contributed by atoms with Crippen molar-refractivity contribution < 1.29 is 9.59 Å². The van der Waals surface area contributed by atoms with Crippen LogP contribution in [-0.4, -0.2) is 42.9 Å². The van der Waals surface area contributed by atoms with Gasteiger partial charge in [0.1, 0.15) is 0 Å². The van der Waals surface area contributed by atoms with Crippen LogP contribution in [0.1, 0.15) is 12.0 Å². The molecular weight excluding hydrogens is 254 g/mol. The average molecular weight is 275 g/mol. The molecule has 108 valence electrons. The third-order valence-corrected chi connectivity index (χ3v) is 3.63. The number of benzene rings is 1. The molecule has 20 heavy (non-hydrogen) atoms. The average Bonchev–Trinajstić information content (AvgIpc) is 2.94. The summed E-state index contributed by atoms with van der Waals surface area (Å²) in [6, 6.07) is 10.3. The van der Waals surface area contributed by atoms with E-state index in [4.69, 9.17) is 5.73 Å². The molecule has 0 aromatic heterocycles. The molecule has 1 aliphatic rings. The Morgan fingerprint density at radius 3 is 2.75 bits per heavy atom. The Balaban J connectivity index is 1.77. The van der Waals surface area contributed by atoms with E-state index in [0.717, 1.165) is 25.9 Å². The van der Waals surface area contributed by atoms with Crippen LogP contribution in [-0.2, 0) is 16.0 Å². The number of hydrogen-bond acceptors (Lipinski definition) is 3. The number of nitrogens with two attached hydrogens (primary N) is 1. The second-order valence-corrected chi connectivity index (χ2v) is 5.17. The topological polar surface area (TPSA) is 75.4 Å². The van der Waals surface area contributed by atoms with Crippen LogP contribution in [0.5, 0.6) is 0 Å². The Hall–Kier alpha value is -1.88. The van der Waals surface area contributed by atoms with Crippen LogP contribution in [0.15, 0.2) is 30.3 Å². The largest absolute Gasteiger partial charge is 0.346 e. The monoisotopic (exact) mass is 275 g/mol. The second kappa shape index (κ2) is 7.05. The van der Waals surface area contributed by atoms with E-state index in [0.29, 0.717) is 5.92 Å². The van der Waals surface area contributed by atoms with Gasteiger partial charge in [-0.05, 0) is 24.3 Å². The van der Waals surface area contributed by atoms with E-state index in [1.165, 1.54) is 5.56 Å². The molecule has 0 radical (unpaired) electrons. The first-order valence-electron chi connectivity index (χ1n) is 6.97. The van der Waals surface area contributed by atoms with Crippen LogP contribution in [0.3, 0.4) is 0 Å². The van der Waals surface area contributed by atoms with Gasteiger partial charge in [-0.1, -0.05) is 30.3 Å². The molecule has 0 spiro atoms. The smallest absolute Gasteiger partial charge is 0.241 e. The van der Waals surface area contributed by atoms with Crippen molar-refractivity contribution in [3.05, 3.63) is 35.9 Å². The Morgan fingerprint density at radius 2 is 2.05 bits per heavy atom. The summed E-state index contributed by atoms with van der Waals surface area (Å²) in [7, 11) is 0. The van der Waals surface area contributed by atoms with Crippen molar-refractivity contribution in [1.82, 2.24) is 10.2 Å². The molecule has 2 rings (SSSR count). The summed E-state index contributed by atoms with van der Waals surface area (Å²) in [4.78, 5) is 24.8. The first kappa shape index (κ1) is 14.5. The predicted octanol–water partition coefficient (Wildman–Crippen LogP) is 0.152. The zero-order chi connectivity index (χ0) is 14.4. The molecule has 1 saturated heterocycles. The third kappa shape index (κ3) is 4.06. The number of hydrogen-bond donors (Lipinski definition) is 2. The molecule has 1 aliphatic heterocycles. The van der Waals surface area contributed by atoms with E-state index in [1.54, 1.807) is 0 Å². The normalized spacial score (nSPS) is 18.1. The zero-order valence-electron chi connectivity index (χ0n) is 11.5. The number of nitrogens with one attached hydrogen (secondary N) is 1. The molecule has 1 atom stereocenters. The lowest BCUT2D eigenvalue weighted by Crippen LogP contribution is -2.41. The number of nitrogens with zero attached hydrogens (tertiary/aromatic N) is 1. The first-order chi connectivity index (χ1) is 9.69. The highest BCUT2D eigenvalue weighted by Gasteiger charge is 2.26. The molecule has 0 saturated carbocycles. The van der Waals surface area contributed by atoms with Gasteiger partial charge in [-0.3, -0.25) is 9.59 Å². The number of amides is 2. The predicted molar refractivity (Wildman–Crippen MR) is 76.9 cm³/mol. The van der Waals surface area contributed by atoms with Gasteiger partial charge in [0.15, 0.2) is 0 Å². The second-order valence-electron chi connectivity index (χ2n) is 5.17. The van der Waals surface area contributed by atoms with E-state index in [2.05, 4.69) is 17.4 Å². The molecule has 1 aromatic rings. The Kier molecular flexibility index (Phi) is 5.12. The molecule has 1 heterocycles. The van der Waals surface area contributed by atoms with E-state index >= 15 is 0 Å². The maximum absolute atomic E-state index is 11.9. The van der Waals surface area contributed by atoms with E-state index in [9.17, 15) is 9.59 Å². The Labute approximate surface area is 119 Å². The van der Waals surface area contributed by atoms with Crippen molar-refractivity contribution in [3.8, 4) is 0 Å². The lowest BCUT2D eigenvalue weighted by molar-refractivity contribution is -0.131. The molecule has 0 aliphatic carbocycles. The lowest BCUT2D eigenvalue weighted by atomic mass is 9.99. The highest BCUT2D eigenvalue weighted by Crippen LogP contribution is 2.20. The summed E-state index contributed by atoms with van der Waals surface area (Å²) in [5, 5.41) is 2.52. The molecule has 5 nitrogen and oxygen atoms in total. The highest BCUT2D eigenvalue weighted by molar-refractivity contribution is 5.85. The summed E-state index contributed by atoms with van der Waals surface area (Å²) in [6.45, 7) is 1.51.